The third-order valence-corrected chi connectivity index (χ3v) is 3.70. The average Bonchev–Trinajstić information content (AvgIpc) is 3.01. The molecule has 0 aliphatic carbocycles. The standard InChI is InChI=1S/C17H10ClN3O2/c18-12-8-6-11(7-9-12)16-20-15-14(17(22)23-16)10-19-21(15)13-4-2-1-3-5-13/h1-10H. The van der Waals surface area contributed by atoms with Crippen LogP contribution in [0.1, 0.15) is 0 Å². The van der Waals surface area contributed by atoms with Crippen molar-refractivity contribution in [3.63, 3.8) is 0 Å². The first kappa shape index (κ1) is 13.7. The number of rotatable bonds is 2. The number of nitrogens with zero attached hydrogens (tertiary/aromatic N) is 3. The van der Waals surface area contributed by atoms with E-state index in [0.29, 0.717) is 21.6 Å². The first-order chi connectivity index (χ1) is 11.2. The maximum atomic E-state index is 12.2. The molecule has 4 aromatic rings. The molecular weight excluding hydrogens is 314 g/mol. The van der Waals surface area contributed by atoms with E-state index in [4.69, 9.17) is 16.0 Å². The predicted octanol–water partition coefficient (Wildman–Crippen LogP) is 3.69. The Bertz CT molecular complexity index is 1040. The molecule has 0 saturated heterocycles. The van der Waals surface area contributed by atoms with E-state index in [2.05, 4.69) is 10.1 Å². The Kier molecular flexibility index (Phi) is 3.20. The lowest BCUT2D eigenvalue weighted by Gasteiger charge is -2.03. The smallest absolute Gasteiger partial charge is 0.350 e. The van der Waals surface area contributed by atoms with Gasteiger partial charge in [-0.3, -0.25) is 0 Å². The lowest BCUT2D eigenvalue weighted by atomic mass is 10.2. The third kappa shape index (κ3) is 2.41. The Balaban J connectivity index is 1.95. The molecule has 0 saturated carbocycles. The summed E-state index contributed by atoms with van der Waals surface area (Å²) in [5.74, 6) is 0.233. The summed E-state index contributed by atoms with van der Waals surface area (Å²) in [4.78, 5) is 16.7. The van der Waals surface area contributed by atoms with Crippen LogP contribution in [0.3, 0.4) is 0 Å². The monoisotopic (exact) mass is 323 g/mol. The molecule has 4 rings (SSSR count). The zero-order valence-electron chi connectivity index (χ0n) is 11.8. The van der Waals surface area contributed by atoms with Crippen LogP contribution in [0.4, 0.5) is 0 Å². The number of benzene rings is 2. The quantitative estimate of drug-likeness (QED) is 0.564. The molecule has 0 radical (unpaired) electrons. The molecule has 0 aliphatic rings. The second-order valence-electron chi connectivity index (χ2n) is 4.94. The maximum Gasteiger partial charge on any atom is 0.350 e. The number of hydrogen-bond donors (Lipinski definition) is 0. The molecule has 0 amide bonds. The highest BCUT2D eigenvalue weighted by Gasteiger charge is 2.14. The van der Waals surface area contributed by atoms with Gasteiger partial charge in [0, 0.05) is 10.6 Å². The molecule has 23 heavy (non-hydrogen) atoms. The fourth-order valence-corrected chi connectivity index (χ4v) is 2.46. The van der Waals surface area contributed by atoms with Gasteiger partial charge in [0.2, 0.25) is 5.89 Å². The zero-order valence-corrected chi connectivity index (χ0v) is 12.6. The normalized spacial score (nSPS) is 11.0. The molecular formula is C17H10ClN3O2. The molecule has 6 heteroatoms. The lowest BCUT2D eigenvalue weighted by Crippen LogP contribution is -2.04. The van der Waals surface area contributed by atoms with Crippen molar-refractivity contribution in [2.24, 2.45) is 0 Å². The van der Waals surface area contributed by atoms with Gasteiger partial charge in [0.05, 0.1) is 11.9 Å². The SMILES string of the molecule is O=c1oc(-c2ccc(Cl)cc2)nc2c1cnn2-c1ccccc1. The van der Waals surface area contributed by atoms with Crippen LogP contribution in [0.15, 0.2) is 70.0 Å². The fourth-order valence-electron chi connectivity index (χ4n) is 2.33. The van der Waals surface area contributed by atoms with Gasteiger partial charge in [-0.2, -0.15) is 10.1 Å². The van der Waals surface area contributed by atoms with Crippen molar-refractivity contribution in [1.29, 1.82) is 0 Å². The minimum absolute atomic E-state index is 0.233. The fraction of sp³-hybridized carbons (Fsp3) is 0. The summed E-state index contributed by atoms with van der Waals surface area (Å²) in [7, 11) is 0. The summed E-state index contributed by atoms with van der Waals surface area (Å²) in [6, 6.07) is 16.4. The van der Waals surface area contributed by atoms with Crippen LogP contribution in [0.25, 0.3) is 28.2 Å². The van der Waals surface area contributed by atoms with Crippen LogP contribution in [0.5, 0.6) is 0 Å². The van der Waals surface area contributed by atoms with Crippen LogP contribution in [-0.4, -0.2) is 14.8 Å². The molecule has 0 aliphatic heterocycles. The lowest BCUT2D eigenvalue weighted by molar-refractivity contribution is 0.517. The molecule has 2 aromatic heterocycles. The summed E-state index contributed by atoms with van der Waals surface area (Å²) in [5.41, 5.74) is 1.48. The van der Waals surface area contributed by atoms with E-state index in [1.54, 1.807) is 28.9 Å². The zero-order chi connectivity index (χ0) is 15.8. The van der Waals surface area contributed by atoms with Crippen LogP contribution < -0.4 is 5.63 Å². The predicted molar refractivity (Wildman–Crippen MR) is 87.8 cm³/mol. The van der Waals surface area contributed by atoms with Gasteiger partial charge in [-0.15, -0.1) is 0 Å². The summed E-state index contributed by atoms with van der Waals surface area (Å²) in [6.07, 6.45) is 1.47. The molecule has 2 heterocycles. The van der Waals surface area contributed by atoms with Crippen LogP contribution in [-0.2, 0) is 0 Å². The highest BCUT2D eigenvalue weighted by atomic mass is 35.5. The summed E-state index contributed by atoms with van der Waals surface area (Å²) < 4.78 is 6.92. The van der Waals surface area contributed by atoms with Crippen LogP contribution in [0.2, 0.25) is 5.02 Å². The Labute approximate surface area is 135 Å². The van der Waals surface area contributed by atoms with Crippen LogP contribution >= 0.6 is 11.6 Å². The Morgan fingerprint density at radius 3 is 2.48 bits per heavy atom. The van der Waals surface area contributed by atoms with Gasteiger partial charge in [0.25, 0.3) is 0 Å². The van der Waals surface area contributed by atoms with Crippen molar-refractivity contribution >= 4 is 22.6 Å². The first-order valence-electron chi connectivity index (χ1n) is 6.92. The van der Waals surface area contributed by atoms with E-state index in [0.717, 1.165) is 5.69 Å². The largest absolute Gasteiger partial charge is 0.403 e. The minimum Gasteiger partial charge on any atom is -0.403 e. The second kappa shape index (κ2) is 5.37. The number of halogens is 1. The molecule has 112 valence electrons. The van der Waals surface area contributed by atoms with Gasteiger partial charge >= 0.3 is 5.63 Å². The van der Waals surface area contributed by atoms with E-state index in [-0.39, 0.29) is 5.89 Å². The van der Waals surface area contributed by atoms with Crippen LogP contribution in [0, 0.1) is 0 Å². The van der Waals surface area contributed by atoms with Gasteiger partial charge < -0.3 is 4.42 Å². The molecule has 0 N–H and O–H groups in total. The second-order valence-corrected chi connectivity index (χ2v) is 5.38. The van der Waals surface area contributed by atoms with Crippen molar-refractivity contribution in [1.82, 2.24) is 14.8 Å². The van der Waals surface area contributed by atoms with Gasteiger partial charge in [0.1, 0.15) is 5.39 Å². The summed E-state index contributed by atoms with van der Waals surface area (Å²) in [5, 5.41) is 5.19. The van der Waals surface area contributed by atoms with Crippen molar-refractivity contribution in [3.05, 3.63) is 76.2 Å². The highest BCUT2D eigenvalue weighted by molar-refractivity contribution is 6.30. The Morgan fingerprint density at radius 1 is 1.00 bits per heavy atom. The molecule has 2 aromatic carbocycles. The number of aromatic nitrogens is 3. The van der Waals surface area contributed by atoms with E-state index < -0.39 is 5.63 Å². The van der Waals surface area contributed by atoms with Gasteiger partial charge in [-0.25, -0.2) is 9.48 Å². The Morgan fingerprint density at radius 2 is 1.74 bits per heavy atom. The first-order valence-corrected chi connectivity index (χ1v) is 7.30. The van der Waals surface area contributed by atoms with Gasteiger partial charge in [-0.1, -0.05) is 29.8 Å². The molecule has 5 nitrogen and oxygen atoms in total. The molecule has 0 spiro atoms. The maximum absolute atomic E-state index is 12.2. The summed E-state index contributed by atoms with van der Waals surface area (Å²) in [6.45, 7) is 0. The topological polar surface area (TPSA) is 60.9 Å². The van der Waals surface area contributed by atoms with Crippen molar-refractivity contribution in [2.45, 2.75) is 0 Å². The van der Waals surface area contributed by atoms with Crippen molar-refractivity contribution < 1.29 is 4.42 Å². The molecule has 0 atom stereocenters. The van der Waals surface area contributed by atoms with Gasteiger partial charge in [0.15, 0.2) is 5.65 Å². The minimum atomic E-state index is -0.470. The number of fused-ring (bicyclic) bond motifs is 1. The summed E-state index contributed by atoms with van der Waals surface area (Å²) >= 11 is 5.89. The number of hydrogen-bond acceptors (Lipinski definition) is 4. The molecule has 0 fully saturated rings. The van der Waals surface area contributed by atoms with Gasteiger partial charge in [-0.05, 0) is 36.4 Å². The van der Waals surface area contributed by atoms with Crippen molar-refractivity contribution in [2.75, 3.05) is 0 Å². The Hall–Kier alpha value is -2.92. The van der Waals surface area contributed by atoms with Crippen molar-refractivity contribution in [3.8, 4) is 17.1 Å². The number of para-hydroxylation sites is 1. The third-order valence-electron chi connectivity index (χ3n) is 3.45. The van der Waals surface area contributed by atoms with E-state index in [1.807, 2.05) is 30.3 Å². The average molecular weight is 324 g/mol. The van der Waals surface area contributed by atoms with E-state index >= 15 is 0 Å². The molecule has 0 unspecified atom stereocenters. The highest BCUT2D eigenvalue weighted by Crippen LogP contribution is 2.21. The van der Waals surface area contributed by atoms with E-state index in [1.165, 1.54) is 6.20 Å². The van der Waals surface area contributed by atoms with E-state index in [9.17, 15) is 4.79 Å². The molecule has 0 bridgehead atoms.